The molecular formula is C11H9F2N3O. The van der Waals surface area contributed by atoms with Crippen LogP contribution in [0.15, 0.2) is 24.4 Å². The minimum atomic E-state index is -0.633. The molecule has 0 amide bonds. The maximum Gasteiger partial charge on any atom is 0.184 e. The second kappa shape index (κ2) is 4.40. The second-order valence-electron chi connectivity index (χ2n) is 3.42. The van der Waals surface area contributed by atoms with Gasteiger partial charge < -0.3 is 0 Å². The lowest BCUT2D eigenvalue weighted by Gasteiger charge is -2.01. The summed E-state index contributed by atoms with van der Waals surface area (Å²) in [5.41, 5.74) is 0.0591. The lowest BCUT2D eigenvalue weighted by molar-refractivity contribution is 0.0983. The fraction of sp³-hybridized carbons (Fsp3) is 0.182. The molecule has 17 heavy (non-hydrogen) atoms. The first-order valence-corrected chi connectivity index (χ1v) is 5.02. The molecule has 0 fully saturated rings. The van der Waals surface area contributed by atoms with E-state index in [4.69, 9.17) is 0 Å². The average molecular weight is 237 g/mol. The van der Waals surface area contributed by atoms with Gasteiger partial charge in [-0.3, -0.25) is 4.79 Å². The summed E-state index contributed by atoms with van der Waals surface area (Å²) in [6.07, 6.45) is 1.56. The highest BCUT2D eigenvalue weighted by molar-refractivity contribution is 5.93. The number of Topliss-reactive ketones (excluding diaryl/α,β-unsaturated/α-hetero) is 1. The summed E-state index contributed by atoms with van der Waals surface area (Å²) < 4.78 is 27.4. The summed E-state index contributed by atoms with van der Waals surface area (Å²) in [5.74, 6) is -1.42. The number of hydrogen-bond acceptors (Lipinski definition) is 3. The number of hydrogen-bond donors (Lipinski definition) is 0. The summed E-state index contributed by atoms with van der Waals surface area (Å²) in [4.78, 5) is 11.3. The van der Waals surface area contributed by atoms with E-state index in [0.29, 0.717) is 0 Å². The molecule has 0 radical (unpaired) electrons. The molecule has 0 aliphatic rings. The number of aromatic nitrogens is 3. The third-order valence-electron chi connectivity index (χ3n) is 2.26. The summed E-state index contributed by atoms with van der Waals surface area (Å²) in [7, 11) is 0. The summed E-state index contributed by atoms with van der Waals surface area (Å²) in [6, 6.07) is 2.99. The van der Waals surface area contributed by atoms with E-state index in [-0.39, 0.29) is 23.6 Å². The lowest BCUT2D eigenvalue weighted by atomic mass is 10.2. The van der Waals surface area contributed by atoms with Gasteiger partial charge >= 0.3 is 0 Å². The molecule has 88 valence electrons. The largest absolute Gasteiger partial charge is 0.292 e. The van der Waals surface area contributed by atoms with Crippen molar-refractivity contribution < 1.29 is 13.6 Å². The van der Waals surface area contributed by atoms with Gasteiger partial charge in [0.05, 0.1) is 6.20 Å². The molecule has 2 rings (SSSR count). The van der Waals surface area contributed by atoms with Gasteiger partial charge in [-0.25, -0.2) is 13.5 Å². The van der Waals surface area contributed by atoms with Crippen LogP contribution in [0.3, 0.4) is 0 Å². The van der Waals surface area contributed by atoms with Crippen molar-refractivity contribution in [1.82, 2.24) is 15.0 Å². The Bertz CT molecular complexity index is 566. The molecule has 0 spiro atoms. The van der Waals surface area contributed by atoms with Crippen molar-refractivity contribution in [2.75, 3.05) is 0 Å². The fourth-order valence-electron chi connectivity index (χ4n) is 1.35. The molecular weight excluding hydrogens is 228 g/mol. The first-order valence-electron chi connectivity index (χ1n) is 5.02. The number of halogens is 2. The van der Waals surface area contributed by atoms with Crippen LogP contribution >= 0.6 is 0 Å². The minimum Gasteiger partial charge on any atom is -0.292 e. The van der Waals surface area contributed by atoms with Crippen LogP contribution in [-0.2, 0) is 0 Å². The Hall–Kier alpha value is -2.11. The molecule has 4 nitrogen and oxygen atoms in total. The Labute approximate surface area is 95.9 Å². The molecule has 0 saturated carbocycles. The number of rotatable bonds is 3. The fourth-order valence-corrected chi connectivity index (χ4v) is 1.35. The van der Waals surface area contributed by atoms with Crippen LogP contribution in [0.25, 0.3) is 5.69 Å². The third-order valence-corrected chi connectivity index (χ3v) is 2.26. The predicted molar refractivity (Wildman–Crippen MR) is 55.9 cm³/mol. The van der Waals surface area contributed by atoms with E-state index in [1.54, 1.807) is 6.92 Å². The Balaban J connectivity index is 2.43. The lowest BCUT2D eigenvalue weighted by Crippen LogP contribution is -1.99. The number of benzene rings is 1. The molecule has 2 aromatic rings. The zero-order chi connectivity index (χ0) is 12.4. The highest BCUT2D eigenvalue weighted by Gasteiger charge is 2.12. The van der Waals surface area contributed by atoms with Crippen LogP contribution < -0.4 is 0 Å². The van der Waals surface area contributed by atoms with Crippen LogP contribution in [0.2, 0.25) is 0 Å². The van der Waals surface area contributed by atoms with Gasteiger partial charge in [0.2, 0.25) is 0 Å². The maximum absolute atomic E-state index is 13.4. The van der Waals surface area contributed by atoms with Crippen LogP contribution in [0, 0.1) is 11.6 Å². The van der Waals surface area contributed by atoms with Crippen molar-refractivity contribution in [3.05, 3.63) is 41.7 Å². The van der Waals surface area contributed by atoms with Crippen molar-refractivity contribution in [3.8, 4) is 5.69 Å². The quantitative estimate of drug-likeness (QED) is 0.768. The minimum absolute atomic E-state index is 0.0762. The van der Waals surface area contributed by atoms with Gasteiger partial charge in [-0.1, -0.05) is 12.1 Å². The van der Waals surface area contributed by atoms with Crippen molar-refractivity contribution >= 4 is 5.78 Å². The van der Waals surface area contributed by atoms with Gasteiger partial charge in [-0.05, 0) is 12.1 Å². The van der Waals surface area contributed by atoms with Crippen molar-refractivity contribution in [2.45, 2.75) is 13.3 Å². The second-order valence-corrected chi connectivity index (χ2v) is 3.42. The van der Waals surface area contributed by atoms with Gasteiger partial charge in [0.1, 0.15) is 23.0 Å². The van der Waals surface area contributed by atoms with Crippen LogP contribution in [-0.4, -0.2) is 20.8 Å². The van der Waals surface area contributed by atoms with E-state index < -0.39 is 11.6 Å². The Kier molecular flexibility index (Phi) is 2.95. The number of carbonyl (C=O) groups excluding carboxylic acids is 1. The van der Waals surface area contributed by atoms with E-state index in [1.807, 2.05) is 0 Å². The Morgan fingerprint density at radius 2 is 2.18 bits per heavy atom. The van der Waals surface area contributed by atoms with E-state index in [0.717, 1.165) is 22.9 Å². The van der Waals surface area contributed by atoms with Crippen LogP contribution in [0.1, 0.15) is 23.8 Å². The Morgan fingerprint density at radius 1 is 1.41 bits per heavy atom. The monoisotopic (exact) mass is 237 g/mol. The van der Waals surface area contributed by atoms with Crippen LogP contribution in [0.5, 0.6) is 0 Å². The van der Waals surface area contributed by atoms with Gasteiger partial charge in [-0.2, -0.15) is 0 Å². The first-order chi connectivity index (χ1) is 8.11. The van der Waals surface area contributed by atoms with Crippen molar-refractivity contribution in [2.24, 2.45) is 0 Å². The third kappa shape index (κ3) is 2.20. The maximum atomic E-state index is 13.4. The highest BCUT2D eigenvalue weighted by Crippen LogP contribution is 2.14. The molecule has 1 heterocycles. The first kappa shape index (κ1) is 11.4. The Morgan fingerprint density at radius 3 is 2.88 bits per heavy atom. The zero-order valence-electron chi connectivity index (χ0n) is 9.02. The normalized spacial score (nSPS) is 10.5. The average Bonchev–Trinajstić information content (AvgIpc) is 2.80. The molecule has 0 aliphatic carbocycles. The number of ketones is 1. The van der Waals surface area contributed by atoms with E-state index >= 15 is 0 Å². The SMILES string of the molecule is CCC(=O)c1cn(-c2cc(F)ccc2F)nn1. The van der Waals surface area contributed by atoms with Gasteiger partial charge in [0.15, 0.2) is 5.78 Å². The molecule has 0 unspecified atom stereocenters. The summed E-state index contributed by atoms with van der Waals surface area (Å²) in [6.45, 7) is 1.68. The van der Waals surface area contributed by atoms with Gasteiger partial charge in [-0.15, -0.1) is 5.10 Å². The molecule has 6 heteroatoms. The van der Waals surface area contributed by atoms with E-state index in [1.165, 1.54) is 6.20 Å². The van der Waals surface area contributed by atoms with Gasteiger partial charge in [0.25, 0.3) is 0 Å². The van der Waals surface area contributed by atoms with E-state index in [2.05, 4.69) is 10.3 Å². The summed E-state index contributed by atoms with van der Waals surface area (Å²) >= 11 is 0. The molecule has 0 saturated heterocycles. The van der Waals surface area contributed by atoms with Crippen molar-refractivity contribution in [3.63, 3.8) is 0 Å². The molecule has 0 bridgehead atoms. The summed E-state index contributed by atoms with van der Waals surface area (Å²) in [5, 5.41) is 7.20. The van der Waals surface area contributed by atoms with E-state index in [9.17, 15) is 13.6 Å². The van der Waals surface area contributed by atoms with Crippen LogP contribution in [0.4, 0.5) is 8.78 Å². The number of nitrogens with zero attached hydrogens (tertiary/aromatic N) is 3. The zero-order valence-corrected chi connectivity index (χ0v) is 9.02. The molecule has 0 atom stereocenters. The molecule has 0 aliphatic heterocycles. The number of carbonyl (C=O) groups is 1. The topological polar surface area (TPSA) is 47.8 Å². The highest BCUT2D eigenvalue weighted by atomic mass is 19.1. The van der Waals surface area contributed by atoms with Gasteiger partial charge in [0, 0.05) is 12.5 Å². The molecule has 1 aromatic heterocycles. The predicted octanol–water partition coefficient (Wildman–Crippen LogP) is 2.14. The molecule has 0 N–H and O–H groups in total. The standard InChI is InChI=1S/C11H9F2N3O/c1-2-11(17)9-6-16(15-14-9)10-5-7(12)3-4-8(10)13/h3-6H,2H2,1H3. The molecule has 1 aromatic carbocycles. The smallest absolute Gasteiger partial charge is 0.184 e. The van der Waals surface area contributed by atoms with Crippen molar-refractivity contribution in [1.29, 1.82) is 0 Å².